The van der Waals surface area contributed by atoms with Crippen LogP contribution in [0.3, 0.4) is 0 Å². The van der Waals surface area contributed by atoms with E-state index in [1.165, 1.54) is 0 Å². The van der Waals surface area contributed by atoms with Crippen molar-refractivity contribution in [3.8, 4) is 0 Å². The minimum absolute atomic E-state index is 0.168. The number of likely N-dealkylation sites (N-methyl/N-ethyl adjacent to an activating group) is 1. The van der Waals surface area contributed by atoms with E-state index in [0.29, 0.717) is 24.5 Å². The molecule has 166 valence electrons. The van der Waals surface area contributed by atoms with Crippen molar-refractivity contribution in [2.24, 2.45) is 0 Å². The van der Waals surface area contributed by atoms with E-state index >= 15 is 0 Å². The molecule has 7 nitrogen and oxygen atoms in total. The summed E-state index contributed by atoms with van der Waals surface area (Å²) in [6.45, 7) is 12.7. The maximum absolute atomic E-state index is 13.3. The normalized spacial score (nSPS) is 22.5. The highest BCUT2D eigenvalue weighted by Crippen LogP contribution is 2.41. The number of likely N-dealkylation sites (tertiary alicyclic amines) is 1. The molecule has 8 heteroatoms. The van der Waals surface area contributed by atoms with Gasteiger partial charge in [0.1, 0.15) is 0 Å². The molecule has 3 heterocycles. The highest BCUT2D eigenvalue weighted by molar-refractivity contribution is 7.89. The zero-order valence-corrected chi connectivity index (χ0v) is 19.2. The Morgan fingerprint density at radius 3 is 2.33 bits per heavy atom. The van der Waals surface area contributed by atoms with Crippen LogP contribution < -0.4 is 4.90 Å². The Morgan fingerprint density at radius 1 is 1.03 bits per heavy atom. The van der Waals surface area contributed by atoms with Gasteiger partial charge in [-0.05, 0) is 43.1 Å². The molecule has 0 bridgehead atoms. The summed E-state index contributed by atoms with van der Waals surface area (Å²) in [6, 6.07) is 5.46. The summed E-state index contributed by atoms with van der Waals surface area (Å²) in [5, 5.41) is 0. The summed E-state index contributed by atoms with van der Waals surface area (Å²) in [6.07, 6.45) is 2.17. The van der Waals surface area contributed by atoms with Crippen LogP contribution in [-0.4, -0.2) is 87.3 Å². The molecule has 0 radical (unpaired) electrons. The van der Waals surface area contributed by atoms with Crippen LogP contribution in [0.25, 0.3) is 0 Å². The summed E-state index contributed by atoms with van der Waals surface area (Å²) in [5.41, 5.74) is 1.81. The molecule has 3 aliphatic heterocycles. The first-order valence-corrected chi connectivity index (χ1v) is 12.6. The number of nitrogens with zero attached hydrogens (tertiary/aromatic N) is 4. The Balaban J connectivity index is 1.55. The largest absolute Gasteiger partial charge is 0.361 e. The number of benzene rings is 1. The van der Waals surface area contributed by atoms with Gasteiger partial charge in [0.05, 0.1) is 11.4 Å². The lowest BCUT2D eigenvalue weighted by Crippen LogP contribution is -2.48. The predicted octanol–water partition coefficient (Wildman–Crippen LogP) is 1.73. The number of carbonyl (C=O) groups excluding carboxylic acids is 1. The highest BCUT2D eigenvalue weighted by atomic mass is 32.2. The molecular formula is C22H34N4O3S. The van der Waals surface area contributed by atoms with Crippen LogP contribution >= 0.6 is 0 Å². The van der Waals surface area contributed by atoms with Gasteiger partial charge in [0.2, 0.25) is 15.9 Å². The highest BCUT2D eigenvalue weighted by Gasteiger charge is 2.38. The molecule has 1 amide bonds. The first kappa shape index (κ1) is 21.6. The van der Waals surface area contributed by atoms with Crippen LogP contribution in [0.5, 0.6) is 0 Å². The first-order valence-electron chi connectivity index (χ1n) is 11.1. The van der Waals surface area contributed by atoms with E-state index in [4.69, 9.17) is 0 Å². The van der Waals surface area contributed by atoms with Crippen LogP contribution in [0.4, 0.5) is 5.69 Å². The number of sulfonamides is 1. The number of hydrogen-bond donors (Lipinski definition) is 0. The molecule has 0 aliphatic carbocycles. The fourth-order valence-corrected chi connectivity index (χ4v) is 6.40. The van der Waals surface area contributed by atoms with Gasteiger partial charge in [-0.1, -0.05) is 20.8 Å². The van der Waals surface area contributed by atoms with Gasteiger partial charge in [0.15, 0.2) is 0 Å². The fraction of sp³-hybridized carbons (Fsp3) is 0.682. The Bertz CT molecular complexity index is 901. The van der Waals surface area contributed by atoms with Gasteiger partial charge in [0.25, 0.3) is 0 Å². The van der Waals surface area contributed by atoms with Crippen LogP contribution in [0.15, 0.2) is 23.1 Å². The molecule has 0 spiro atoms. The Hall–Kier alpha value is -1.64. The van der Waals surface area contributed by atoms with E-state index in [9.17, 15) is 13.2 Å². The number of amides is 1. The molecule has 1 aromatic carbocycles. The number of fused-ring (bicyclic) bond motifs is 1. The number of anilines is 1. The van der Waals surface area contributed by atoms with E-state index in [-0.39, 0.29) is 11.3 Å². The van der Waals surface area contributed by atoms with Crippen molar-refractivity contribution in [1.82, 2.24) is 14.1 Å². The van der Waals surface area contributed by atoms with Crippen molar-refractivity contribution in [3.63, 3.8) is 0 Å². The molecule has 0 saturated carbocycles. The van der Waals surface area contributed by atoms with Crippen molar-refractivity contribution in [2.75, 3.05) is 63.8 Å². The second-order valence-electron chi connectivity index (χ2n) is 9.35. The molecule has 30 heavy (non-hydrogen) atoms. The van der Waals surface area contributed by atoms with Gasteiger partial charge in [-0.3, -0.25) is 4.79 Å². The number of hydrogen-bond acceptors (Lipinski definition) is 5. The zero-order valence-electron chi connectivity index (χ0n) is 18.4. The Morgan fingerprint density at radius 2 is 1.70 bits per heavy atom. The molecule has 1 aromatic rings. The third kappa shape index (κ3) is 3.97. The van der Waals surface area contributed by atoms with Crippen molar-refractivity contribution in [2.45, 2.75) is 43.9 Å². The topological polar surface area (TPSA) is 64.2 Å². The summed E-state index contributed by atoms with van der Waals surface area (Å²) in [4.78, 5) is 19.4. The van der Waals surface area contributed by atoms with Gasteiger partial charge in [-0.2, -0.15) is 4.31 Å². The van der Waals surface area contributed by atoms with Gasteiger partial charge < -0.3 is 14.7 Å². The van der Waals surface area contributed by atoms with E-state index in [1.807, 2.05) is 17.0 Å². The van der Waals surface area contributed by atoms with Crippen molar-refractivity contribution in [3.05, 3.63) is 23.8 Å². The summed E-state index contributed by atoms with van der Waals surface area (Å²) >= 11 is 0. The molecule has 4 rings (SSSR count). The summed E-state index contributed by atoms with van der Waals surface area (Å²) < 4.78 is 28.1. The smallest absolute Gasteiger partial charge is 0.243 e. The Kier molecular flexibility index (Phi) is 5.85. The summed E-state index contributed by atoms with van der Waals surface area (Å²) in [5.74, 6) is 0.168. The minimum Gasteiger partial charge on any atom is -0.361 e. The van der Waals surface area contributed by atoms with Crippen LogP contribution in [0.2, 0.25) is 0 Å². The SMILES string of the molecule is CCN1CCN(S(=O)(=O)c2ccc3c(c2)C(C)(C)CN3CC(=O)N2CCCC2)CC1. The number of piperazine rings is 1. The maximum Gasteiger partial charge on any atom is 0.243 e. The monoisotopic (exact) mass is 434 g/mol. The number of rotatable bonds is 5. The Labute approximate surface area is 180 Å². The minimum atomic E-state index is -3.51. The van der Waals surface area contributed by atoms with Gasteiger partial charge in [-0.15, -0.1) is 0 Å². The maximum atomic E-state index is 13.3. The number of carbonyl (C=O) groups is 1. The van der Waals surface area contributed by atoms with E-state index in [2.05, 4.69) is 30.6 Å². The van der Waals surface area contributed by atoms with Gasteiger partial charge in [-0.25, -0.2) is 8.42 Å². The second kappa shape index (κ2) is 8.13. The molecule has 2 saturated heterocycles. The molecule has 0 atom stereocenters. The molecular weight excluding hydrogens is 400 g/mol. The quantitative estimate of drug-likeness (QED) is 0.706. The van der Waals surface area contributed by atoms with E-state index in [0.717, 1.165) is 63.4 Å². The molecule has 0 aromatic heterocycles. The average molecular weight is 435 g/mol. The second-order valence-corrected chi connectivity index (χ2v) is 11.3. The first-order chi connectivity index (χ1) is 14.2. The third-order valence-corrected chi connectivity index (χ3v) is 8.72. The molecule has 2 fully saturated rings. The van der Waals surface area contributed by atoms with Crippen LogP contribution in [0, 0.1) is 0 Å². The van der Waals surface area contributed by atoms with Gasteiger partial charge >= 0.3 is 0 Å². The fourth-order valence-electron chi connectivity index (χ4n) is 4.95. The van der Waals surface area contributed by atoms with Crippen LogP contribution in [0.1, 0.15) is 39.2 Å². The average Bonchev–Trinajstić information content (AvgIpc) is 3.35. The van der Waals surface area contributed by atoms with E-state index < -0.39 is 10.0 Å². The molecule has 0 unspecified atom stereocenters. The lowest BCUT2D eigenvalue weighted by molar-refractivity contribution is -0.128. The third-order valence-electron chi connectivity index (χ3n) is 6.83. The molecule has 3 aliphatic rings. The summed E-state index contributed by atoms with van der Waals surface area (Å²) in [7, 11) is -3.51. The standard InChI is InChI=1S/C22H34N4O3S/c1-4-23-11-13-26(14-12-23)30(28,29)18-7-8-20-19(15-18)22(2,3)17-25(20)16-21(27)24-9-5-6-10-24/h7-8,15H,4-6,9-14,16-17H2,1-3H3. The van der Waals surface area contributed by atoms with Gasteiger partial charge in [0, 0.05) is 56.9 Å². The van der Waals surface area contributed by atoms with Crippen LogP contribution in [-0.2, 0) is 20.2 Å². The van der Waals surface area contributed by atoms with Crippen molar-refractivity contribution in [1.29, 1.82) is 0 Å². The zero-order chi connectivity index (χ0) is 21.5. The molecule has 0 N–H and O–H groups in total. The lowest BCUT2D eigenvalue weighted by Gasteiger charge is -2.33. The lowest BCUT2D eigenvalue weighted by atomic mass is 9.87. The van der Waals surface area contributed by atoms with Crippen molar-refractivity contribution >= 4 is 21.6 Å². The van der Waals surface area contributed by atoms with E-state index in [1.54, 1.807) is 10.4 Å². The predicted molar refractivity (Wildman–Crippen MR) is 118 cm³/mol. The van der Waals surface area contributed by atoms with Crippen molar-refractivity contribution < 1.29 is 13.2 Å².